The van der Waals surface area contributed by atoms with Gasteiger partial charge in [0.1, 0.15) is 0 Å². The number of halogens is 1. The highest BCUT2D eigenvalue weighted by Gasteiger charge is 2.42. The van der Waals surface area contributed by atoms with Crippen LogP contribution in [0.1, 0.15) is 65.2 Å². The van der Waals surface area contributed by atoms with Gasteiger partial charge in [-0.05, 0) is 62.2 Å². The monoisotopic (exact) mass is 328 g/mol. The smallest absolute Gasteiger partial charge is 0.225 e. The molecule has 0 aromatic carbocycles. The highest BCUT2D eigenvalue weighted by molar-refractivity contribution is 5.85. The van der Waals surface area contributed by atoms with E-state index in [1.165, 1.54) is 38.5 Å². The lowest BCUT2D eigenvalue weighted by Crippen LogP contribution is -2.52. The number of rotatable bonds is 2. The molecule has 3 unspecified atom stereocenters. The summed E-state index contributed by atoms with van der Waals surface area (Å²) in [5, 5.41) is 0. The van der Waals surface area contributed by atoms with Crippen LogP contribution < -0.4 is 5.73 Å². The number of carbonyl (C=O) groups excluding carboxylic acids is 1. The van der Waals surface area contributed by atoms with Gasteiger partial charge in [-0.3, -0.25) is 4.79 Å². The average Bonchev–Trinajstić information content (AvgIpc) is 2.46. The molecule has 128 valence electrons. The first-order chi connectivity index (χ1) is 10.0. The first-order valence-corrected chi connectivity index (χ1v) is 9.07. The van der Waals surface area contributed by atoms with Crippen LogP contribution in [-0.2, 0) is 4.79 Å². The molecule has 3 nitrogen and oxygen atoms in total. The molecule has 3 rings (SSSR count). The van der Waals surface area contributed by atoms with Crippen molar-refractivity contribution >= 4 is 18.3 Å². The van der Waals surface area contributed by atoms with Gasteiger partial charge in [-0.25, -0.2) is 0 Å². The van der Waals surface area contributed by atoms with Crippen LogP contribution in [0.5, 0.6) is 0 Å². The van der Waals surface area contributed by atoms with Gasteiger partial charge in [0.05, 0.1) is 0 Å². The van der Waals surface area contributed by atoms with E-state index in [1.807, 2.05) is 0 Å². The molecule has 3 fully saturated rings. The molecule has 0 aromatic heterocycles. The molecular weight excluding hydrogens is 296 g/mol. The van der Waals surface area contributed by atoms with Gasteiger partial charge in [-0.2, -0.15) is 0 Å². The molecule has 0 aromatic rings. The number of carbonyl (C=O) groups is 1. The molecule has 4 heteroatoms. The fourth-order valence-electron chi connectivity index (χ4n) is 5.04. The first-order valence-electron chi connectivity index (χ1n) is 9.07. The van der Waals surface area contributed by atoms with Gasteiger partial charge < -0.3 is 10.6 Å². The van der Waals surface area contributed by atoms with Gasteiger partial charge >= 0.3 is 0 Å². The van der Waals surface area contributed by atoms with Crippen LogP contribution in [0.2, 0.25) is 0 Å². The van der Waals surface area contributed by atoms with Crippen molar-refractivity contribution in [1.82, 2.24) is 4.90 Å². The van der Waals surface area contributed by atoms with Gasteiger partial charge in [0.15, 0.2) is 0 Å². The molecule has 22 heavy (non-hydrogen) atoms. The molecule has 2 aliphatic carbocycles. The Hall–Kier alpha value is -0.280. The maximum atomic E-state index is 13.0. The van der Waals surface area contributed by atoms with E-state index in [-0.39, 0.29) is 18.3 Å². The van der Waals surface area contributed by atoms with Crippen LogP contribution in [0, 0.1) is 23.2 Å². The van der Waals surface area contributed by atoms with Gasteiger partial charge in [0.2, 0.25) is 5.91 Å². The molecule has 3 atom stereocenters. The summed E-state index contributed by atoms with van der Waals surface area (Å²) in [7, 11) is 0. The second kappa shape index (κ2) is 7.09. The molecule has 1 saturated heterocycles. The number of nitrogens with zero attached hydrogens (tertiary/aromatic N) is 1. The minimum atomic E-state index is 0. The quantitative estimate of drug-likeness (QED) is 0.841. The third-order valence-electron chi connectivity index (χ3n) is 6.71. The lowest BCUT2D eigenvalue weighted by atomic mass is 9.64. The van der Waals surface area contributed by atoms with Crippen molar-refractivity contribution in [1.29, 1.82) is 0 Å². The fraction of sp³-hybridized carbons (Fsp3) is 0.944. The second-order valence-electron chi connectivity index (χ2n) is 8.22. The minimum absolute atomic E-state index is 0. The number of hydrogen-bond acceptors (Lipinski definition) is 2. The Morgan fingerprint density at radius 3 is 2.45 bits per heavy atom. The summed E-state index contributed by atoms with van der Waals surface area (Å²) >= 11 is 0. The Morgan fingerprint density at radius 1 is 1.23 bits per heavy atom. The maximum Gasteiger partial charge on any atom is 0.225 e. The predicted molar refractivity (Wildman–Crippen MR) is 93.0 cm³/mol. The van der Waals surface area contributed by atoms with Crippen molar-refractivity contribution < 1.29 is 4.79 Å². The highest BCUT2D eigenvalue weighted by Crippen LogP contribution is 2.43. The number of amides is 1. The van der Waals surface area contributed by atoms with Crippen molar-refractivity contribution in [3.63, 3.8) is 0 Å². The van der Waals surface area contributed by atoms with Crippen molar-refractivity contribution in [2.75, 3.05) is 13.1 Å². The lowest BCUT2D eigenvalue weighted by molar-refractivity contribution is -0.142. The van der Waals surface area contributed by atoms with E-state index in [4.69, 9.17) is 5.73 Å². The number of hydrogen-bond donors (Lipinski definition) is 1. The summed E-state index contributed by atoms with van der Waals surface area (Å²) in [6, 6.07) is 0.366. The SMILES string of the molecule is CCC1(C)CCCN(C(=O)C2CC3CCCC(C2)C3N)C1.Cl. The summed E-state index contributed by atoms with van der Waals surface area (Å²) in [4.78, 5) is 15.2. The number of fused-ring (bicyclic) bond motifs is 2. The van der Waals surface area contributed by atoms with Gasteiger partial charge in [-0.1, -0.05) is 20.3 Å². The maximum absolute atomic E-state index is 13.0. The van der Waals surface area contributed by atoms with Crippen molar-refractivity contribution in [3.8, 4) is 0 Å². The summed E-state index contributed by atoms with van der Waals surface area (Å²) < 4.78 is 0. The topological polar surface area (TPSA) is 46.3 Å². The third-order valence-corrected chi connectivity index (χ3v) is 6.71. The van der Waals surface area contributed by atoms with Crippen LogP contribution in [0.15, 0.2) is 0 Å². The molecule has 0 radical (unpaired) electrons. The van der Waals surface area contributed by atoms with Gasteiger partial charge in [0.25, 0.3) is 0 Å². The van der Waals surface area contributed by atoms with E-state index < -0.39 is 0 Å². The second-order valence-corrected chi connectivity index (χ2v) is 8.22. The number of piperidine rings is 1. The van der Waals surface area contributed by atoms with E-state index in [2.05, 4.69) is 18.7 Å². The number of nitrogens with two attached hydrogens (primary N) is 1. The van der Waals surface area contributed by atoms with Crippen LogP contribution in [0.4, 0.5) is 0 Å². The average molecular weight is 329 g/mol. The zero-order valence-corrected chi connectivity index (χ0v) is 15.0. The molecule has 0 spiro atoms. The summed E-state index contributed by atoms with van der Waals surface area (Å²) in [5.74, 6) is 1.92. The molecule has 2 saturated carbocycles. The van der Waals surface area contributed by atoms with Crippen LogP contribution in [0.3, 0.4) is 0 Å². The molecule has 1 amide bonds. The van der Waals surface area contributed by atoms with Crippen molar-refractivity contribution in [2.24, 2.45) is 28.9 Å². The van der Waals surface area contributed by atoms with Crippen molar-refractivity contribution in [2.45, 2.75) is 71.3 Å². The van der Waals surface area contributed by atoms with Gasteiger partial charge in [0, 0.05) is 25.0 Å². The van der Waals surface area contributed by atoms with Crippen LogP contribution in [0.25, 0.3) is 0 Å². The summed E-state index contributed by atoms with van der Waals surface area (Å²) in [6.07, 6.45) is 9.54. The van der Waals surface area contributed by atoms with Crippen molar-refractivity contribution in [3.05, 3.63) is 0 Å². The highest BCUT2D eigenvalue weighted by atomic mass is 35.5. The zero-order chi connectivity index (χ0) is 15.0. The molecule has 3 aliphatic rings. The first kappa shape index (κ1) is 18.1. The summed E-state index contributed by atoms with van der Waals surface area (Å²) in [6.45, 7) is 6.56. The molecule has 1 heterocycles. The Kier molecular flexibility index (Phi) is 5.82. The van der Waals surface area contributed by atoms with Crippen LogP contribution in [-0.4, -0.2) is 29.9 Å². The fourth-order valence-corrected chi connectivity index (χ4v) is 5.04. The number of likely N-dealkylation sites (tertiary alicyclic amines) is 1. The van der Waals surface area contributed by atoms with E-state index >= 15 is 0 Å². The summed E-state index contributed by atoms with van der Waals surface area (Å²) in [5.41, 5.74) is 6.71. The van der Waals surface area contributed by atoms with E-state index in [9.17, 15) is 4.79 Å². The molecule has 2 bridgehead atoms. The predicted octanol–water partition coefficient (Wildman–Crippen LogP) is 3.60. The normalized spacial score (nSPS) is 41.7. The van der Waals surface area contributed by atoms with E-state index in [0.29, 0.717) is 29.2 Å². The Balaban J connectivity index is 0.00000176. The molecule has 2 N–H and O–H groups in total. The molecular formula is C18H33ClN2O. The van der Waals surface area contributed by atoms with Gasteiger partial charge in [-0.15, -0.1) is 12.4 Å². The molecule has 1 aliphatic heterocycles. The Morgan fingerprint density at radius 2 is 1.86 bits per heavy atom. The Bertz CT molecular complexity index is 389. The largest absolute Gasteiger partial charge is 0.342 e. The van der Waals surface area contributed by atoms with E-state index in [1.54, 1.807) is 0 Å². The third kappa shape index (κ3) is 3.46. The van der Waals surface area contributed by atoms with Crippen LogP contribution >= 0.6 is 12.4 Å². The lowest BCUT2D eigenvalue weighted by Gasteiger charge is -2.46. The van der Waals surface area contributed by atoms with E-state index in [0.717, 1.165) is 25.9 Å². The minimum Gasteiger partial charge on any atom is -0.342 e. The standard InChI is InChI=1S/C18H32N2O.ClH/c1-3-18(2)8-5-9-20(12-18)17(21)15-10-13-6-4-7-14(11-15)16(13)19;/h13-16H,3-12,19H2,1-2H3;1H. The Labute approximate surface area is 141 Å². The zero-order valence-electron chi connectivity index (χ0n) is 14.2.